The highest BCUT2D eigenvalue weighted by molar-refractivity contribution is 6.59. The first-order valence-corrected chi connectivity index (χ1v) is 5.22. The SMILES string of the molecule is Cc1ccc(C)c(C(C)(C)C)c1B(O)O. The van der Waals surface area contributed by atoms with Crippen molar-refractivity contribution in [2.24, 2.45) is 0 Å². The molecule has 1 aromatic rings. The molecule has 0 saturated carbocycles. The van der Waals surface area contributed by atoms with Crippen LogP contribution in [0.4, 0.5) is 0 Å². The smallest absolute Gasteiger partial charge is 0.423 e. The summed E-state index contributed by atoms with van der Waals surface area (Å²) in [4.78, 5) is 0. The zero-order valence-corrected chi connectivity index (χ0v) is 10.1. The molecule has 0 bridgehead atoms. The second kappa shape index (κ2) is 3.99. The van der Waals surface area contributed by atoms with Gasteiger partial charge in [-0.15, -0.1) is 0 Å². The van der Waals surface area contributed by atoms with E-state index in [1.54, 1.807) is 0 Å². The first-order valence-electron chi connectivity index (χ1n) is 5.22. The second-order valence-electron chi connectivity index (χ2n) is 5.11. The van der Waals surface area contributed by atoms with Gasteiger partial charge in [-0.05, 0) is 35.9 Å². The van der Waals surface area contributed by atoms with Gasteiger partial charge < -0.3 is 10.0 Å². The van der Waals surface area contributed by atoms with Crippen molar-refractivity contribution < 1.29 is 10.0 Å². The lowest BCUT2D eigenvalue weighted by Crippen LogP contribution is -2.39. The summed E-state index contributed by atoms with van der Waals surface area (Å²) in [5.74, 6) is 0. The first-order chi connectivity index (χ1) is 6.75. The Balaban J connectivity index is 3.53. The van der Waals surface area contributed by atoms with Gasteiger partial charge in [0.05, 0.1) is 0 Å². The lowest BCUT2D eigenvalue weighted by atomic mass is 9.67. The molecule has 0 saturated heterocycles. The van der Waals surface area contributed by atoms with Crippen LogP contribution in [0, 0.1) is 13.8 Å². The van der Waals surface area contributed by atoms with Crippen molar-refractivity contribution in [2.45, 2.75) is 40.0 Å². The number of rotatable bonds is 1. The second-order valence-corrected chi connectivity index (χ2v) is 5.11. The Bertz CT molecular complexity index is 365. The van der Waals surface area contributed by atoms with Crippen molar-refractivity contribution in [3.8, 4) is 0 Å². The molecule has 1 rings (SSSR count). The lowest BCUT2D eigenvalue weighted by molar-refractivity contribution is 0.423. The fourth-order valence-electron chi connectivity index (χ4n) is 2.16. The molecule has 2 N–H and O–H groups in total. The van der Waals surface area contributed by atoms with Gasteiger partial charge in [-0.1, -0.05) is 38.5 Å². The Labute approximate surface area is 92.1 Å². The summed E-state index contributed by atoms with van der Waals surface area (Å²) in [6.45, 7) is 10.2. The average Bonchev–Trinajstić information content (AvgIpc) is 2.05. The Hall–Kier alpha value is -0.795. The van der Waals surface area contributed by atoms with Crippen LogP contribution in [0.2, 0.25) is 0 Å². The Morgan fingerprint density at radius 2 is 1.47 bits per heavy atom. The highest BCUT2D eigenvalue weighted by Crippen LogP contribution is 2.25. The van der Waals surface area contributed by atoms with E-state index in [0.717, 1.165) is 16.7 Å². The molecule has 0 atom stereocenters. The lowest BCUT2D eigenvalue weighted by Gasteiger charge is -2.26. The summed E-state index contributed by atoms with van der Waals surface area (Å²) < 4.78 is 0. The predicted molar refractivity (Wildman–Crippen MR) is 64.4 cm³/mol. The molecule has 3 heteroatoms. The highest BCUT2D eigenvalue weighted by Gasteiger charge is 2.27. The number of benzene rings is 1. The maximum atomic E-state index is 9.43. The van der Waals surface area contributed by atoms with Gasteiger partial charge in [0.2, 0.25) is 0 Å². The molecule has 0 unspecified atom stereocenters. The minimum absolute atomic E-state index is 0.0743. The molecule has 0 fully saturated rings. The van der Waals surface area contributed by atoms with E-state index < -0.39 is 7.12 Å². The highest BCUT2D eigenvalue weighted by atomic mass is 16.4. The molecule has 0 aromatic heterocycles. The van der Waals surface area contributed by atoms with Gasteiger partial charge in [-0.2, -0.15) is 0 Å². The van der Waals surface area contributed by atoms with Gasteiger partial charge in [-0.3, -0.25) is 0 Å². The van der Waals surface area contributed by atoms with Crippen LogP contribution in [0.5, 0.6) is 0 Å². The fraction of sp³-hybridized carbons (Fsp3) is 0.500. The zero-order valence-electron chi connectivity index (χ0n) is 10.1. The van der Waals surface area contributed by atoms with Gasteiger partial charge >= 0.3 is 7.12 Å². The van der Waals surface area contributed by atoms with Crippen LogP contribution in [-0.2, 0) is 5.41 Å². The van der Waals surface area contributed by atoms with E-state index in [9.17, 15) is 10.0 Å². The van der Waals surface area contributed by atoms with E-state index >= 15 is 0 Å². The summed E-state index contributed by atoms with van der Waals surface area (Å²) in [5.41, 5.74) is 3.66. The van der Waals surface area contributed by atoms with Crippen molar-refractivity contribution in [2.75, 3.05) is 0 Å². The third-order valence-corrected chi connectivity index (χ3v) is 2.68. The number of aryl methyl sites for hydroxylation is 2. The van der Waals surface area contributed by atoms with Crippen molar-refractivity contribution in [3.05, 3.63) is 28.8 Å². The van der Waals surface area contributed by atoms with E-state index in [-0.39, 0.29) is 5.41 Å². The van der Waals surface area contributed by atoms with Crippen LogP contribution in [-0.4, -0.2) is 17.2 Å². The molecular formula is C12H19BO2. The minimum Gasteiger partial charge on any atom is -0.423 e. The molecule has 0 amide bonds. The van der Waals surface area contributed by atoms with Gasteiger partial charge in [-0.25, -0.2) is 0 Å². The van der Waals surface area contributed by atoms with Crippen LogP contribution in [0.1, 0.15) is 37.5 Å². The quantitative estimate of drug-likeness (QED) is 0.679. The van der Waals surface area contributed by atoms with E-state index in [2.05, 4.69) is 20.8 Å². The average molecular weight is 206 g/mol. The third kappa shape index (κ3) is 2.41. The van der Waals surface area contributed by atoms with Gasteiger partial charge in [0, 0.05) is 0 Å². The summed E-state index contributed by atoms with van der Waals surface area (Å²) in [7, 11) is -1.39. The van der Waals surface area contributed by atoms with Crippen LogP contribution in [0.3, 0.4) is 0 Å². The monoisotopic (exact) mass is 206 g/mol. The minimum atomic E-state index is -1.39. The van der Waals surface area contributed by atoms with Gasteiger partial charge in [0.1, 0.15) is 0 Å². The summed E-state index contributed by atoms with van der Waals surface area (Å²) >= 11 is 0. The largest absolute Gasteiger partial charge is 0.489 e. The molecule has 0 heterocycles. The Morgan fingerprint density at radius 3 is 1.80 bits per heavy atom. The fourth-order valence-corrected chi connectivity index (χ4v) is 2.16. The molecule has 1 aromatic carbocycles. The van der Waals surface area contributed by atoms with Crippen molar-refractivity contribution >= 4 is 12.6 Å². The number of hydrogen-bond acceptors (Lipinski definition) is 2. The van der Waals surface area contributed by atoms with E-state index in [0.29, 0.717) is 5.46 Å². The van der Waals surface area contributed by atoms with Crippen LogP contribution in [0.15, 0.2) is 12.1 Å². The Kier molecular flexibility index (Phi) is 3.26. The van der Waals surface area contributed by atoms with Crippen LogP contribution in [0.25, 0.3) is 0 Å². The standard InChI is InChI=1S/C12H19BO2/c1-8-6-7-9(2)11(13(14)15)10(8)12(3,4)5/h6-7,14-15H,1-5H3. The Morgan fingerprint density at radius 1 is 1.00 bits per heavy atom. The normalized spacial score (nSPS) is 11.7. The van der Waals surface area contributed by atoms with Crippen molar-refractivity contribution in [3.63, 3.8) is 0 Å². The maximum absolute atomic E-state index is 9.43. The summed E-state index contributed by atoms with van der Waals surface area (Å²) in [6.07, 6.45) is 0. The molecule has 0 spiro atoms. The molecule has 0 aliphatic carbocycles. The molecule has 2 nitrogen and oxygen atoms in total. The van der Waals surface area contributed by atoms with E-state index in [1.807, 2.05) is 26.0 Å². The first kappa shape index (κ1) is 12.3. The molecule has 82 valence electrons. The molecule has 15 heavy (non-hydrogen) atoms. The summed E-state index contributed by atoms with van der Waals surface area (Å²) in [5, 5.41) is 18.9. The summed E-state index contributed by atoms with van der Waals surface area (Å²) in [6, 6.07) is 3.96. The topological polar surface area (TPSA) is 40.5 Å². The molecule has 0 aliphatic heterocycles. The van der Waals surface area contributed by atoms with Gasteiger partial charge in [0.15, 0.2) is 0 Å². The van der Waals surface area contributed by atoms with E-state index in [1.165, 1.54) is 0 Å². The molecule has 0 aliphatic rings. The van der Waals surface area contributed by atoms with Gasteiger partial charge in [0.25, 0.3) is 0 Å². The van der Waals surface area contributed by atoms with Crippen molar-refractivity contribution in [1.29, 1.82) is 0 Å². The maximum Gasteiger partial charge on any atom is 0.489 e. The number of hydrogen-bond donors (Lipinski definition) is 2. The molecule has 0 radical (unpaired) electrons. The third-order valence-electron chi connectivity index (χ3n) is 2.68. The van der Waals surface area contributed by atoms with Crippen LogP contribution < -0.4 is 5.46 Å². The van der Waals surface area contributed by atoms with Crippen molar-refractivity contribution in [1.82, 2.24) is 0 Å². The molecular weight excluding hydrogens is 187 g/mol. The van der Waals surface area contributed by atoms with E-state index in [4.69, 9.17) is 0 Å². The zero-order chi connectivity index (χ0) is 11.8. The van der Waals surface area contributed by atoms with Crippen LogP contribution >= 0.6 is 0 Å². The predicted octanol–water partition coefficient (Wildman–Crippen LogP) is 1.28.